The molecule has 2 unspecified atom stereocenters. The Kier molecular flexibility index (Phi) is 7.65. The van der Waals surface area contributed by atoms with E-state index in [0.717, 1.165) is 103 Å². The highest BCUT2D eigenvalue weighted by Crippen LogP contribution is 2.48. The van der Waals surface area contributed by atoms with Gasteiger partial charge in [0, 0.05) is 38.9 Å². The number of furan rings is 3. The second-order valence-corrected chi connectivity index (χ2v) is 16.4. The summed E-state index contributed by atoms with van der Waals surface area (Å²) in [5, 5.41) is 5.49. The molecular formula is C55H40O4. The number of ether oxygens (including phenoxy) is 1. The number of allylic oxidation sites excluding steroid dienone is 6. The molecule has 9 aromatic rings. The van der Waals surface area contributed by atoms with Gasteiger partial charge in [-0.2, -0.15) is 0 Å². The van der Waals surface area contributed by atoms with Crippen LogP contribution in [0.25, 0.3) is 83.2 Å². The Morgan fingerprint density at radius 3 is 2.00 bits per heavy atom. The normalized spacial score (nSPS) is 18.1. The largest absolute Gasteiger partial charge is 0.461 e. The summed E-state index contributed by atoms with van der Waals surface area (Å²) in [5.41, 5.74) is 14.3. The zero-order valence-corrected chi connectivity index (χ0v) is 32.7. The zero-order chi connectivity index (χ0) is 39.2. The van der Waals surface area contributed by atoms with Crippen molar-refractivity contribution in [2.24, 2.45) is 11.8 Å². The SMILES string of the molecule is C=CC1=C(C[C@@H](C)c2ccccc2)C2CC(C3C=Cc4oc5ccc6c7cc(-c8ccc9oc%10ccc(-c%11ccccc%11)cc%10c9c8)ccc7oc6c5c4C3)=CC=C2O1. The van der Waals surface area contributed by atoms with Crippen LogP contribution in [-0.4, -0.2) is 0 Å². The van der Waals surface area contributed by atoms with Gasteiger partial charge in [0.2, 0.25) is 0 Å². The minimum Gasteiger partial charge on any atom is -0.461 e. The molecule has 284 valence electrons. The quantitative estimate of drug-likeness (QED) is 0.162. The molecule has 0 bridgehead atoms. The predicted octanol–water partition coefficient (Wildman–Crippen LogP) is 15.2. The highest BCUT2D eigenvalue weighted by Gasteiger charge is 2.36. The molecule has 3 atom stereocenters. The lowest BCUT2D eigenvalue weighted by molar-refractivity contribution is 0.313. The van der Waals surface area contributed by atoms with Gasteiger partial charge in [-0.3, -0.25) is 0 Å². The Bertz CT molecular complexity index is 3310. The van der Waals surface area contributed by atoms with Gasteiger partial charge in [-0.05, 0) is 125 Å². The van der Waals surface area contributed by atoms with Gasteiger partial charge in [0.05, 0.1) is 5.39 Å². The fourth-order valence-corrected chi connectivity index (χ4v) is 9.92. The van der Waals surface area contributed by atoms with Crippen molar-refractivity contribution in [1.82, 2.24) is 0 Å². The summed E-state index contributed by atoms with van der Waals surface area (Å²) in [5.74, 6) is 3.72. The number of hydrogen-bond donors (Lipinski definition) is 0. The first kappa shape index (κ1) is 34.0. The third-order valence-corrected chi connectivity index (χ3v) is 13.0. The van der Waals surface area contributed by atoms with Crippen LogP contribution in [0.1, 0.15) is 42.6 Å². The van der Waals surface area contributed by atoms with Crippen molar-refractivity contribution in [1.29, 1.82) is 0 Å². The molecule has 4 nitrogen and oxygen atoms in total. The lowest BCUT2D eigenvalue weighted by Gasteiger charge is -2.27. The third-order valence-electron chi connectivity index (χ3n) is 13.0. The molecule has 4 heterocycles. The van der Waals surface area contributed by atoms with Gasteiger partial charge < -0.3 is 18.0 Å². The van der Waals surface area contributed by atoms with E-state index in [1.807, 2.05) is 6.08 Å². The molecule has 0 spiro atoms. The van der Waals surface area contributed by atoms with Gasteiger partial charge in [0.1, 0.15) is 45.2 Å². The molecule has 0 N–H and O–H groups in total. The first-order chi connectivity index (χ1) is 29.1. The summed E-state index contributed by atoms with van der Waals surface area (Å²) in [6, 6.07) is 45.0. The smallest absolute Gasteiger partial charge is 0.146 e. The summed E-state index contributed by atoms with van der Waals surface area (Å²) in [6.45, 7) is 6.43. The maximum absolute atomic E-state index is 6.75. The van der Waals surface area contributed by atoms with Crippen molar-refractivity contribution in [2.45, 2.75) is 32.1 Å². The maximum Gasteiger partial charge on any atom is 0.146 e. The van der Waals surface area contributed by atoms with E-state index >= 15 is 0 Å². The van der Waals surface area contributed by atoms with Crippen LogP contribution >= 0.6 is 0 Å². The molecule has 3 aliphatic rings. The van der Waals surface area contributed by atoms with E-state index in [-0.39, 0.29) is 11.8 Å². The fraction of sp³-hybridized carbons (Fsp3) is 0.127. The van der Waals surface area contributed by atoms with Crippen LogP contribution in [0.2, 0.25) is 0 Å². The zero-order valence-electron chi connectivity index (χ0n) is 32.7. The molecule has 0 amide bonds. The molecular weight excluding hydrogens is 725 g/mol. The molecule has 12 rings (SSSR count). The van der Waals surface area contributed by atoms with Crippen LogP contribution in [-0.2, 0) is 11.2 Å². The number of benzene rings is 6. The van der Waals surface area contributed by atoms with E-state index in [1.54, 1.807) is 0 Å². The molecule has 59 heavy (non-hydrogen) atoms. The second-order valence-electron chi connectivity index (χ2n) is 16.4. The van der Waals surface area contributed by atoms with Gasteiger partial charge in [-0.1, -0.05) is 110 Å². The van der Waals surface area contributed by atoms with Gasteiger partial charge in [-0.25, -0.2) is 0 Å². The lowest BCUT2D eigenvalue weighted by atomic mass is 9.76. The predicted molar refractivity (Wildman–Crippen MR) is 240 cm³/mol. The Balaban J connectivity index is 0.868. The van der Waals surface area contributed by atoms with Crippen LogP contribution in [0.15, 0.2) is 194 Å². The molecule has 1 aliphatic heterocycles. The van der Waals surface area contributed by atoms with Crippen molar-refractivity contribution >= 4 is 60.9 Å². The first-order valence-corrected chi connectivity index (χ1v) is 20.7. The van der Waals surface area contributed by atoms with Crippen LogP contribution in [0, 0.1) is 11.8 Å². The molecule has 2 aliphatic carbocycles. The minimum absolute atomic E-state index is 0.223. The summed E-state index contributed by atoms with van der Waals surface area (Å²) in [4.78, 5) is 0. The van der Waals surface area contributed by atoms with E-state index in [9.17, 15) is 0 Å². The summed E-state index contributed by atoms with van der Waals surface area (Å²) in [6.07, 6.45) is 13.6. The Morgan fingerprint density at radius 2 is 1.29 bits per heavy atom. The number of rotatable bonds is 7. The molecule has 0 radical (unpaired) electrons. The maximum atomic E-state index is 6.75. The van der Waals surface area contributed by atoms with E-state index in [1.165, 1.54) is 33.4 Å². The van der Waals surface area contributed by atoms with Gasteiger partial charge in [0.25, 0.3) is 0 Å². The minimum atomic E-state index is 0.223. The van der Waals surface area contributed by atoms with E-state index in [0.29, 0.717) is 5.92 Å². The highest BCUT2D eigenvalue weighted by atomic mass is 16.5. The molecule has 6 aromatic carbocycles. The molecule has 0 fully saturated rings. The van der Waals surface area contributed by atoms with Gasteiger partial charge in [0.15, 0.2) is 0 Å². The summed E-state index contributed by atoms with van der Waals surface area (Å²) < 4.78 is 25.9. The monoisotopic (exact) mass is 764 g/mol. The van der Waals surface area contributed by atoms with Gasteiger partial charge in [-0.15, -0.1) is 0 Å². The second kappa shape index (κ2) is 13.3. The van der Waals surface area contributed by atoms with Crippen molar-refractivity contribution in [3.63, 3.8) is 0 Å². The first-order valence-electron chi connectivity index (χ1n) is 20.7. The van der Waals surface area contributed by atoms with Crippen molar-refractivity contribution in [3.8, 4) is 22.3 Å². The number of fused-ring (bicyclic) bond motifs is 11. The Morgan fingerprint density at radius 1 is 0.644 bits per heavy atom. The van der Waals surface area contributed by atoms with E-state index < -0.39 is 0 Å². The molecule has 0 saturated heterocycles. The summed E-state index contributed by atoms with van der Waals surface area (Å²) >= 11 is 0. The standard InChI is InChI=1S/C55H40O4/c1-3-47-41(26-32(2)33-10-6-4-7-11-33)43-29-38(15-21-48(43)56-47)39-18-24-52-46(31-39)54-53(58-52)25-19-40-42-28-36(17-23-51(42)59-55(40)54)37-16-22-50-45(30-37)44-27-35(14-20-49(44)57-50)34-12-8-5-9-13-34/h3-25,27-28,30,32,39,43H,1,26,29,31H2,2H3/t32-,39?,43?/m1/s1. The average molecular weight is 765 g/mol. The van der Waals surface area contributed by atoms with Crippen LogP contribution in [0.5, 0.6) is 0 Å². The highest BCUT2D eigenvalue weighted by molar-refractivity contribution is 6.16. The Labute approximate surface area is 341 Å². The van der Waals surface area contributed by atoms with Crippen molar-refractivity contribution in [2.75, 3.05) is 0 Å². The van der Waals surface area contributed by atoms with Gasteiger partial charge >= 0.3 is 0 Å². The van der Waals surface area contributed by atoms with Crippen LogP contribution in [0.3, 0.4) is 0 Å². The Hall–Kier alpha value is -7.04. The fourth-order valence-electron chi connectivity index (χ4n) is 9.92. The average Bonchev–Trinajstić information content (AvgIpc) is 4.05. The molecule has 4 heteroatoms. The third kappa shape index (κ3) is 5.51. The van der Waals surface area contributed by atoms with Crippen LogP contribution < -0.4 is 0 Å². The van der Waals surface area contributed by atoms with E-state index in [4.69, 9.17) is 18.0 Å². The molecule has 3 aromatic heterocycles. The lowest BCUT2D eigenvalue weighted by Crippen LogP contribution is -2.16. The topological polar surface area (TPSA) is 48.7 Å². The number of hydrogen-bond acceptors (Lipinski definition) is 4. The molecule has 0 saturated carbocycles. The summed E-state index contributed by atoms with van der Waals surface area (Å²) in [7, 11) is 0. The van der Waals surface area contributed by atoms with Crippen LogP contribution in [0.4, 0.5) is 0 Å². The van der Waals surface area contributed by atoms with E-state index in [2.05, 4.69) is 165 Å². The van der Waals surface area contributed by atoms with Crippen molar-refractivity contribution < 1.29 is 18.0 Å². The van der Waals surface area contributed by atoms with Crippen molar-refractivity contribution in [3.05, 3.63) is 198 Å².